The summed E-state index contributed by atoms with van der Waals surface area (Å²) in [5.41, 5.74) is 6.44. The number of aromatic nitrogens is 1. The van der Waals surface area contributed by atoms with E-state index >= 15 is 0 Å². The first-order valence-electron chi connectivity index (χ1n) is 13.7. The third-order valence-electron chi connectivity index (χ3n) is 7.30. The van der Waals surface area contributed by atoms with Crippen molar-refractivity contribution in [3.05, 3.63) is 71.4 Å². The maximum absolute atomic E-state index is 13.0. The lowest BCUT2D eigenvalue weighted by atomic mass is 9.92. The van der Waals surface area contributed by atoms with Crippen LogP contribution in [0, 0.1) is 0 Å². The first kappa shape index (κ1) is 28.6. The highest BCUT2D eigenvalue weighted by Crippen LogP contribution is 2.40. The molecule has 0 spiro atoms. The van der Waals surface area contributed by atoms with Crippen molar-refractivity contribution in [2.45, 2.75) is 25.7 Å². The van der Waals surface area contributed by atoms with Crippen LogP contribution < -0.4 is 34.3 Å². The van der Waals surface area contributed by atoms with Crippen LogP contribution in [0.5, 0.6) is 28.7 Å². The van der Waals surface area contributed by atoms with Crippen molar-refractivity contribution in [3.63, 3.8) is 0 Å². The molecular weight excluding hydrogens is 534 g/mol. The summed E-state index contributed by atoms with van der Waals surface area (Å²) in [6.07, 6.45) is 7.26. The molecule has 1 amide bonds. The summed E-state index contributed by atoms with van der Waals surface area (Å²) >= 11 is 0. The number of nitrogens with one attached hydrogen (secondary N) is 2. The number of amides is 1. The van der Waals surface area contributed by atoms with E-state index in [4.69, 9.17) is 28.7 Å². The van der Waals surface area contributed by atoms with Gasteiger partial charge in [0, 0.05) is 34.6 Å². The van der Waals surface area contributed by atoms with Gasteiger partial charge in [-0.1, -0.05) is 0 Å². The summed E-state index contributed by atoms with van der Waals surface area (Å²) in [6.45, 7) is 0. The van der Waals surface area contributed by atoms with Gasteiger partial charge in [0.2, 0.25) is 11.7 Å². The number of hydrogen-bond acceptors (Lipinski definition) is 8. The van der Waals surface area contributed by atoms with E-state index < -0.39 is 0 Å². The first-order valence-corrected chi connectivity index (χ1v) is 13.7. The van der Waals surface area contributed by atoms with E-state index in [-0.39, 0.29) is 5.91 Å². The van der Waals surface area contributed by atoms with Gasteiger partial charge >= 0.3 is 0 Å². The highest BCUT2D eigenvalue weighted by atomic mass is 16.5. The summed E-state index contributed by atoms with van der Waals surface area (Å²) in [5, 5.41) is 7.53. The van der Waals surface area contributed by atoms with Crippen molar-refractivity contribution in [2.75, 3.05) is 46.2 Å². The monoisotopic (exact) mass is 569 g/mol. The number of fused-ring (bicyclic) bond motifs is 2. The molecule has 42 heavy (non-hydrogen) atoms. The molecule has 1 heterocycles. The first-order chi connectivity index (χ1) is 20.5. The molecule has 1 aliphatic carbocycles. The van der Waals surface area contributed by atoms with Crippen molar-refractivity contribution in [2.24, 2.45) is 0 Å². The lowest BCUT2D eigenvalue weighted by molar-refractivity contribution is -0.111. The van der Waals surface area contributed by atoms with Gasteiger partial charge in [0.15, 0.2) is 23.0 Å². The number of benzene rings is 3. The minimum Gasteiger partial charge on any atom is -0.493 e. The standard InChI is InChI=1S/C33H35N3O6/c1-38-27-14-12-22(19-28(27)39-2)35-32-23-8-6-7-9-25(23)36-26-13-11-21(18-24(26)32)34-31(37)15-10-20-16-29(40-3)33(42-5)30(17-20)41-4/h10-19H,6-9H2,1-5H3,(H,34,37)(H,35,36)/b15-10+. The average molecular weight is 570 g/mol. The molecule has 9 heteroatoms. The van der Waals surface area contributed by atoms with Crippen molar-refractivity contribution in [1.82, 2.24) is 4.98 Å². The van der Waals surface area contributed by atoms with E-state index in [2.05, 4.69) is 10.6 Å². The van der Waals surface area contributed by atoms with Gasteiger partial charge in [-0.3, -0.25) is 9.78 Å². The normalized spacial score (nSPS) is 12.5. The largest absolute Gasteiger partial charge is 0.493 e. The van der Waals surface area contributed by atoms with Crippen LogP contribution in [-0.4, -0.2) is 46.4 Å². The number of pyridine rings is 1. The summed E-state index contributed by atoms with van der Waals surface area (Å²) in [4.78, 5) is 17.9. The van der Waals surface area contributed by atoms with E-state index in [9.17, 15) is 4.79 Å². The van der Waals surface area contributed by atoms with Crippen LogP contribution in [0.3, 0.4) is 0 Å². The zero-order chi connectivity index (χ0) is 29.6. The molecule has 1 aliphatic rings. The third-order valence-corrected chi connectivity index (χ3v) is 7.30. The Balaban J connectivity index is 1.45. The predicted octanol–water partition coefficient (Wildman–Crippen LogP) is 6.55. The highest BCUT2D eigenvalue weighted by Gasteiger charge is 2.20. The van der Waals surface area contributed by atoms with E-state index in [1.165, 1.54) is 11.6 Å². The molecule has 3 aromatic carbocycles. The number of rotatable bonds is 10. The molecule has 0 unspecified atom stereocenters. The maximum Gasteiger partial charge on any atom is 0.248 e. The number of methoxy groups -OCH3 is 5. The maximum atomic E-state index is 13.0. The number of ether oxygens (including phenoxy) is 5. The second-order valence-electron chi connectivity index (χ2n) is 9.83. The van der Waals surface area contributed by atoms with Crippen LogP contribution in [0.1, 0.15) is 29.7 Å². The summed E-state index contributed by atoms with van der Waals surface area (Å²) in [7, 11) is 7.89. The van der Waals surface area contributed by atoms with Crippen LogP contribution in [0.2, 0.25) is 0 Å². The van der Waals surface area contributed by atoms with Gasteiger partial charge in [-0.2, -0.15) is 0 Å². The minimum absolute atomic E-state index is 0.275. The van der Waals surface area contributed by atoms with Gasteiger partial charge in [-0.25, -0.2) is 0 Å². The second-order valence-corrected chi connectivity index (χ2v) is 9.83. The zero-order valence-electron chi connectivity index (χ0n) is 24.5. The smallest absolute Gasteiger partial charge is 0.248 e. The number of anilines is 3. The van der Waals surface area contributed by atoms with Crippen LogP contribution in [-0.2, 0) is 17.6 Å². The van der Waals surface area contributed by atoms with Gasteiger partial charge in [0.05, 0.1) is 46.8 Å². The Labute approximate surface area is 245 Å². The second kappa shape index (κ2) is 12.7. The minimum atomic E-state index is -0.275. The fourth-order valence-corrected chi connectivity index (χ4v) is 5.26. The molecule has 9 nitrogen and oxygen atoms in total. The molecule has 0 saturated heterocycles. The number of carbonyl (C=O) groups is 1. The van der Waals surface area contributed by atoms with Gasteiger partial charge in [-0.05, 0) is 85.4 Å². The fourth-order valence-electron chi connectivity index (χ4n) is 5.26. The third kappa shape index (κ3) is 5.90. The fraction of sp³-hybridized carbons (Fsp3) is 0.273. The lowest BCUT2D eigenvalue weighted by Crippen LogP contribution is -2.11. The van der Waals surface area contributed by atoms with E-state index in [0.717, 1.165) is 59.2 Å². The Morgan fingerprint density at radius 3 is 2.14 bits per heavy atom. The molecule has 4 aromatic rings. The quantitative estimate of drug-likeness (QED) is 0.207. The van der Waals surface area contributed by atoms with Gasteiger partial charge in [-0.15, -0.1) is 0 Å². The Kier molecular flexibility index (Phi) is 8.66. The van der Waals surface area contributed by atoms with E-state index in [1.807, 2.05) is 36.4 Å². The van der Waals surface area contributed by atoms with E-state index in [0.29, 0.717) is 34.4 Å². The Morgan fingerprint density at radius 2 is 1.45 bits per heavy atom. The summed E-state index contributed by atoms with van der Waals surface area (Å²) in [5.74, 6) is 2.54. The van der Waals surface area contributed by atoms with Crippen molar-refractivity contribution < 1.29 is 28.5 Å². The SMILES string of the molecule is COc1ccc(Nc2c3c(nc4ccc(NC(=O)/C=C/c5cc(OC)c(OC)c(OC)c5)cc24)CCCC3)cc1OC. The van der Waals surface area contributed by atoms with Crippen LogP contribution in [0.4, 0.5) is 17.1 Å². The predicted molar refractivity (Wildman–Crippen MR) is 165 cm³/mol. The topological polar surface area (TPSA) is 100 Å². The molecule has 1 aromatic heterocycles. The zero-order valence-corrected chi connectivity index (χ0v) is 24.5. The lowest BCUT2D eigenvalue weighted by Gasteiger charge is -2.22. The van der Waals surface area contributed by atoms with Gasteiger partial charge in [0.1, 0.15) is 0 Å². The number of hydrogen-bond donors (Lipinski definition) is 2. The summed E-state index contributed by atoms with van der Waals surface area (Å²) in [6, 6.07) is 15.1. The average Bonchev–Trinajstić information content (AvgIpc) is 3.03. The van der Waals surface area contributed by atoms with Crippen molar-refractivity contribution >= 4 is 39.9 Å². The molecule has 0 saturated carbocycles. The Hall–Kier alpha value is -4.92. The molecule has 0 fully saturated rings. The van der Waals surface area contributed by atoms with Crippen LogP contribution in [0.25, 0.3) is 17.0 Å². The Bertz CT molecular complexity index is 1620. The van der Waals surface area contributed by atoms with Gasteiger partial charge < -0.3 is 34.3 Å². The molecule has 218 valence electrons. The molecule has 0 radical (unpaired) electrons. The van der Waals surface area contributed by atoms with Crippen molar-refractivity contribution in [1.29, 1.82) is 0 Å². The van der Waals surface area contributed by atoms with Crippen LogP contribution in [0.15, 0.2) is 54.6 Å². The molecular formula is C33H35N3O6. The highest BCUT2D eigenvalue weighted by molar-refractivity contribution is 6.04. The van der Waals surface area contributed by atoms with E-state index in [1.54, 1.807) is 53.8 Å². The van der Waals surface area contributed by atoms with Gasteiger partial charge in [0.25, 0.3) is 0 Å². The van der Waals surface area contributed by atoms with Crippen LogP contribution >= 0.6 is 0 Å². The molecule has 0 atom stereocenters. The van der Waals surface area contributed by atoms with Crippen molar-refractivity contribution in [3.8, 4) is 28.7 Å². The molecule has 0 aliphatic heterocycles. The molecule has 0 bridgehead atoms. The number of nitrogens with zero attached hydrogens (tertiary/aromatic N) is 1. The number of aryl methyl sites for hydroxylation is 1. The summed E-state index contributed by atoms with van der Waals surface area (Å²) < 4.78 is 27.1. The molecule has 5 rings (SSSR count). The Morgan fingerprint density at radius 1 is 0.762 bits per heavy atom. The molecule has 2 N–H and O–H groups in total. The number of carbonyl (C=O) groups excluding carboxylic acids is 1.